The Morgan fingerprint density at radius 3 is 2.68 bits per heavy atom. The van der Waals surface area contributed by atoms with E-state index in [0.717, 1.165) is 16.9 Å². The van der Waals surface area contributed by atoms with Crippen LogP contribution in [0.5, 0.6) is 0 Å². The van der Waals surface area contributed by atoms with Crippen LogP contribution in [-0.2, 0) is 4.74 Å². The first-order valence-electron chi connectivity index (χ1n) is 6.06. The summed E-state index contributed by atoms with van der Waals surface area (Å²) < 4.78 is 5.24. The summed E-state index contributed by atoms with van der Waals surface area (Å²) in [6.07, 6.45) is 0. The van der Waals surface area contributed by atoms with Crippen molar-refractivity contribution < 1.29 is 9.53 Å². The van der Waals surface area contributed by atoms with E-state index in [1.165, 1.54) is 0 Å². The van der Waals surface area contributed by atoms with Crippen LogP contribution in [0.25, 0.3) is 11.3 Å². The average molecular weight is 276 g/mol. The first-order valence-corrected chi connectivity index (χ1v) is 6.88. The number of ether oxygens (including phenoxy) is 1. The van der Waals surface area contributed by atoms with Crippen LogP contribution in [0.4, 0.5) is 5.13 Å². The number of esters is 1. The van der Waals surface area contributed by atoms with Crippen LogP contribution in [0.15, 0.2) is 30.3 Å². The highest BCUT2D eigenvalue weighted by atomic mass is 32.1. The molecule has 100 valence electrons. The van der Waals surface area contributed by atoms with Crippen molar-refractivity contribution in [1.82, 2.24) is 4.98 Å². The Bertz CT molecular complexity index is 564. The molecule has 0 radical (unpaired) electrons. The lowest BCUT2D eigenvalue weighted by Crippen LogP contribution is -2.09. The molecule has 0 aliphatic carbocycles. The van der Waals surface area contributed by atoms with Gasteiger partial charge in [0.25, 0.3) is 0 Å². The number of nitrogens with zero attached hydrogens (tertiary/aromatic N) is 1. The monoisotopic (exact) mass is 276 g/mol. The molecule has 0 aliphatic heterocycles. The molecule has 0 unspecified atom stereocenters. The number of carbonyl (C=O) groups is 1. The lowest BCUT2D eigenvalue weighted by Gasteiger charge is -2.06. The molecule has 0 bridgehead atoms. The van der Waals surface area contributed by atoms with Gasteiger partial charge in [-0.2, -0.15) is 0 Å². The maximum Gasteiger partial charge on any atom is 0.350 e. The topological polar surface area (TPSA) is 65.2 Å². The molecule has 1 aromatic carbocycles. The predicted molar refractivity (Wildman–Crippen MR) is 77.1 cm³/mol. The smallest absolute Gasteiger partial charge is 0.350 e. The van der Waals surface area contributed by atoms with Gasteiger partial charge in [0.1, 0.15) is 4.88 Å². The Hall–Kier alpha value is -1.88. The molecule has 2 rings (SSSR count). The maximum absolute atomic E-state index is 12.0. The number of carbonyl (C=O) groups excluding carboxylic acids is 1. The summed E-state index contributed by atoms with van der Waals surface area (Å²) in [4.78, 5) is 16.7. The second-order valence-corrected chi connectivity index (χ2v) is 5.62. The van der Waals surface area contributed by atoms with Crippen molar-refractivity contribution >= 4 is 22.4 Å². The highest BCUT2D eigenvalue weighted by molar-refractivity contribution is 7.17. The van der Waals surface area contributed by atoms with Gasteiger partial charge in [0, 0.05) is 5.56 Å². The van der Waals surface area contributed by atoms with Gasteiger partial charge < -0.3 is 10.5 Å². The Morgan fingerprint density at radius 1 is 1.37 bits per heavy atom. The van der Waals surface area contributed by atoms with Gasteiger partial charge in [-0.1, -0.05) is 55.5 Å². The van der Waals surface area contributed by atoms with Crippen molar-refractivity contribution in [2.24, 2.45) is 5.92 Å². The summed E-state index contributed by atoms with van der Waals surface area (Å²) in [7, 11) is 0. The molecule has 1 aromatic heterocycles. The van der Waals surface area contributed by atoms with Crippen LogP contribution in [-0.4, -0.2) is 17.6 Å². The largest absolute Gasteiger partial charge is 0.461 e. The van der Waals surface area contributed by atoms with Crippen LogP contribution >= 0.6 is 11.3 Å². The van der Waals surface area contributed by atoms with Crippen molar-refractivity contribution in [3.8, 4) is 11.3 Å². The van der Waals surface area contributed by atoms with Gasteiger partial charge in [0.2, 0.25) is 0 Å². The van der Waals surface area contributed by atoms with Crippen molar-refractivity contribution in [2.75, 3.05) is 12.3 Å². The van der Waals surface area contributed by atoms with Crippen LogP contribution in [0.2, 0.25) is 0 Å². The zero-order valence-corrected chi connectivity index (χ0v) is 11.7. The number of hydrogen-bond acceptors (Lipinski definition) is 5. The number of thiazole rings is 1. The van der Waals surface area contributed by atoms with E-state index in [1.807, 2.05) is 44.2 Å². The zero-order valence-electron chi connectivity index (χ0n) is 10.9. The summed E-state index contributed by atoms with van der Waals surface area (Å²) in [5.74, 6) is -0.0591. The molecule has 0 saturated heterocycles. The standard InChI is InChI=1S/C14H16N2O2S/c1-9(2)8-18-13(17)12-11(16-14(15)19-12)10-6-4-3-5-7-10/h3-7,9H,8H2,1-2H3,(H2,15,16). The first-order chi connectivity index (χ1) is 9.08. The minimum Gasteiger partial charge on any atom is -0.461 e. The highest BCUT2D eigenvalue weighted by Gasteiger charge is 2.20. The van der Waals surface area contributed by atoms with E-state index in [4.69, 9.17) is 10.5 Å². The normalized spacial score (nSPS) is 10.7. The second-order valence-electron chi connectivity index (χ2n) is 4.59. The molecule has 2 N–H and O–H groups in total. The molecular formula is C14H16N2O2S. The fraction of sp³-hybridized carbons (Fsp3) is 0.286. The van der Waals surface area contributed by atoms with E-state index < -0.39 is 0 Å². The van der Waals surface area contributed by atoms with Crippen LogP contribution in [0.3, 0.4) is 0 Å². The van der Waals surface area contributed by atoms with Crippen molar-refractivity contribution in [2.45, 2.75) is 13.8 Å². The molecule has 4 nitrogen and oxygen atoms in total. The number of nitrogen functional groups attached to an aromatic ring is 1. The minimum absolute atomic E-state index is 0.300. The van der Waals surface area contributed by atoms with Crippen LogP contribution in [0, 0.1) is 5.92 Å². The maximum atomic E-state index is 12.0. The molecule has 0 atom stereocenters. The number of nitrogens with two attached hydrogens (primary N) is 1. The fourth-order valence-electron chi connectivity index (χ4n) is 1.57. The Morgan fingerprint density at radius 2 is 2.05 bits per heavy atom. The summed E-state index contributed by atoms with van der Waals surface area (Å²) in [5, 5.41) is 0.371. The van der Waals surface area contributed by atoms with E-state index in [1.54, 1.807) is 0 Å². The van der Waals surface area contributed by atoms with Gasteiger partial charge in [-0.3, -0.25) is 0 Å². The van der Waals surface area contributed by atoms with Crippen LogP contribution in [0.1, 0.15) is 23.5 Å². The molecular weight excluding hydrogens is 260 g/mol. The molecule has 0 saturated carbocycles. The lowest BCUT2D eigenvalue weighted by atomic mass is 10.1. The zero-order chi connectivity index (χ0) is 13.8. The van der Waals surface area contributed by atoms with Gasteiger partial charge in [-0.05, 0) is 5.92 Å². The quantitative estimate of drug-likeness (QED) is 0.871. The van der Waals surface area contributed by atoms with E-state index in [2.05, 4.69) is 4.98 Å². The third kappa shape index (κ3) is 3.32. The van der Waals surface area contributed by atoms with E-state index >= 15 is 0 Å². The van der Waals surface area contributed by atoms with Gasteiger partial charge in [0.05, 0.1) is 12.3 Å². The van der Waals surface area contributed by atoms with Crippen molar-refractivity contribution in [1.29, 1.82) is 0 Å². The van der Waals surface area contributed by atoms with E-state index in [0.29, 0.717) is 28.2 Å². The minimum atomic E-state index is -0.359. The number of anilines is 1. The molecule has 0 aliphatic rings. The van der Waals surface area contributed by atoms with Gasteiger partial charge in [-0.15, -0.1) is 0 Å². The fourth-order valence-corrected chi connectivity index (χ4v) is 2.32. The summed E-state index contributed by atoms with van der Waals surface area (Å²) in [6.45, 7) is 4.38. The summed E-state index contributed by atoms with van der Waals surface area (Å²) in [5.41, 5.74) is 7.17. The van der Waals surface area contributed by atoms with Crippen LogP contribution < -0.4 is 5.73 Å². The van der Waals surface area contributed by atoms with Gasteiger partial charge in [-0.25, -0.2) is 9.78 Å². The third-order valence-electron chi connectivity index (χ3n) is 2.42. The molecule has 19 heavy (non-hydrogen) atoms. The van der Waals surface area contributed by atoms with E-state index in [-0.39, 0.29) is 5.97 Å². The molecule has 0 fully saturated rings. The molecule has 5 heteroatoms. The molecule has 1 heterocycles. The van der Waals surface area contributed by atoms with E-state index in [9.17, 15) is 4.79 Å². The van der Waals surface area contributed by atoms with Gasteiger partial charge in [0.15, 0.2) is 5.13 Å². The predicted octanol–water partition coefficient (Wildman–Crippen LogP) is 3.21. The Labute approximate surface area is 116 Å². The average Bonchev–Trinajstić information content (AvgIpc) is 2.79. The number of rotatable bonds is 4. The van der Waals surface area contributed by atoms with Gasteiger partial charge >= 0.3 is 5.97 Å². The second kappa shape index (κ2) is 5.84. The molecule has 0 amide bonds. The molecule has 0 spiro atoms. The first kappa shape index (κ1) is 13.5. The third-order valence-corrected chi connectivity index (χ3v) is 3.29. The Balaban J connectivity index is 2.29. The number of benzene rings is 1. The SMILES string of the molecule is CC(C)COC(=O)c1sc(N)nc1-c1ccccc1. The Kier molecular flexibility index (Phi) is 4.16. The number of hydrogen-bond donors (Lipinski definition) is 1. The molecule has 2 aromatic rings. The summed E-state index contributed by atoms with van der Waals surface area (Å²) in [6, 6.07) is 9.50. The van der Waals surface area contributed by atoms with Crippen molar-refractivity contribution in [3.05, 3.63) is 35.2 Å². The lowest BCUT2D eigenvalue weighted by molar-refractivity contribution is 0.0465. The summed E-state index contributed by atoms with van der Waals surface area (Å²) >= 11 is 1.16. The number of aromatic nitrogens is 1. The van der Waals surface area contributed by atoms with Crippen molar-refractivity contribution in [3.63, 3.8) is 0 Å². The highest BCUT2D eigenvalue weighted by Crippen LogP contribution is 2.30.